The molecule has 0 saturated heterocycles. The van der Waals surface area contributed by atoms with E-state index in [0.29, 0.717) is 0 Å². The number of rotatable bonds is 6. The van der Waals surface area contributed by atoms with E-state index in [2.05, 4.69) is 34.3 Å². The Balaban J connectivity index is 2.01. The van der Waals surface area contributed by atoms with Crippen molar-refractivity contribution in [2.45, 2.75) is 26.0 Å². The van der Waals surface area contributed by atoms with Crippen LogP contribution in [0.15, 0.2) is 30.7 Å². The van der Waals surface area contributed by atoms with Crippen LogP contribution in [0.5, 0.6) is 0 Å². The fourth-order valence-corrected chi connectivity index (χ4v) is 1.78. The number of ether oxygens (including phenoxy) is 1. The summed E-state index contributed by atoms with van der Waals surface area (Å²) in [4.78, 5) is 4.13. The van der Waals surface area contributed by atoms with E-state index in [4.69, 9.17) is 4.74 Å². The van der Waals surface area contributed by atoms with Crippen LogP contribution in [0.3, 0.4) is 0 Å². The van der Waals surface area contributed by atoms with Gasteiger partial charge < -0.3 is 10.1 Å². The smallest absolute Gasteiger partial charge is 0.0746 e. The maximum absolute atomic E-state index is 5.38. The molecule has 0 atom stereocenters. The van der Waals surface area contributed by atoms with Crippen LogP contribution in [0.25, 0.3) is 11.3 Å². The van der Waals surface area contributed by atoms with Gasteiger partial charge in [0, 0.05) is 43.7 Å². The highest BCUT2D eigenvalue weighted by molar-refractivity contribution is 5.61. The van der Waals surface area contributed by atoms with Crippen molar-refractivity contribution in [1.29, 1.82) is 0 Å². The van der Waals surface area contributed by atoms with Crippen LogP contribution in [0.1, 0.15) is 19.4 Å². The second-order valence-corrected chi connectivity index (χ2v) is 5.08. The van der Waals surface area contributed by atoms with E-state index in [-0.39, 0.29) is 5.60 Å². The Morgan fingerprint density at radius 1 is 1.37 bits per heavy atom. The Labute approximate surface area is 113 Å². The zero-order valence-electron chi connectivity index (χ0n) is 11.6. The number of aromatic amines is 1. The topological polar surface area (TPSA) is 62.8 Å². The molecular weight excluding hydrogens is 240 g/mol. The van der Waals surface area contributed by atoms with Crippen LogP contribution in [-0.4, -0.2) is 34.4 Å². The fourth-order valence-electron chi connectivity index (χ4n) is 1.78. The number of pyridine rings is 1. The maximum Gasteiger partial charge on any atom is 0.0746 e. The highest BCUT2D eigenvalue weighted by Gasteiger charge is 2.16. The SMILES string of the molecule is COC(C)(C)CNCc1cn[nH]c1-c1cccnc1. The average Bonchev–Trinajstić information content (AvgIpc) is 2.88. The molecule has 102 valence electrons. The fraction of sp³-hybridized carbons (Fsp3) is 0.429. The molecule has 2 rings (SSSR count). The molecule has 0 aliphatic rings. The van der Waals surface area contributed by atoms with Crippen LogP contribution in [0.4, 0.5) is 0 Å². The molecule has 5 heteroatoms. The van der Waals surface area contributed by atoms with Crippen LogP contribution >= 0.6 is 0 Å². The van der Waals surface area contributed by atoms with Gasteiger partial charge in [0.1, 0.15) is 0 Å². The second kappa shape index (κ2) is 5.95. The maximum atomic E-state index is 5.38. The summed E-state index contributed by atoms with van der Waals surface area (Å²) in [7, 11) is 1.72. The van der Waals surface area contributed by atoms with E-state index in [0.717, 1.165) is 29.9 Å². The third-order valence-electron chi connectivity index (χ3n) is 3.09. The lowest BCUT2D eigenvalue weighted by molar-refractivity contribution is 0.0231. The quantitative estimate of drug-likeness (QED) is 0.833. The molecule has 0 spiro atoms. The zero-order valence-corrected chi connectivity index (χ0v) is 11.6. The third-order valence-corrected chi connectivity index (χ3v) is 3.09. The van der Waals surface area contributed by atoms with E-state index >= 15 is 0 Å². The molecule has 0 aliphatic heterocycles. The molecule has 2 N–H and O–H groups in total. The Morgan fingerprint density at radius 3 is 2.89 bits per heavy atom. The Hall–Kier alpha value is -1.72. The van der Waals surface area contributed by atoms with Crippen LogP contribution in [0.2, 0.25) is 0 Å². The number of aromatic nitrogens is 3. The van der Waals surface area contributed by atoms with E-state index < -0.39 is 0 Å². The van der Waals surface area contributed by atoms with Crippen molar-refractivity contribution in [1.82, 2.24) is 20.5 Å². The summed E-state index contributed by atoms with van der Waals surface area (Å²) in [6.07, 6.45) is 5.43. The molecule has 2 heterocycles. The summed E-state index contributed by atoms with van der Waals surface area (Å²) in [5, 5.41) is 10.5. The number of H-pyrrole nitrogens is 1. The molecule has 0 radical (unpaired) electrons. The molecule has 0 aliphatic carbocycles. The van der Waals surface area contributed by atoms with Gasteiger partial charge in [-0.1, -0.05) is 0 Å². The summed E-state index contributed by atoms with van der Waals surface area (Å²) >= 11 is 0. The van der Waals surface area contributed by atoms with E-state index in [9.17, 15) is 0 Å². The number of nitrogens with one attached hydrogen (secondary N) is 2. The predicted molar refractivity (Wildman–Crippen MR) is 74.6 cm³/mol. The standard InChI is InChI=1S/C14H20N4O/c1-14(2,19-3)10-16-8-12-9-17-18-13(12)11-5-4-6-15-7-11/h4-7,9,16H,8,10H2,1-3H3,(H,17,18). The first-order valence-electron chi connectivity index (χ1n) is 6.31. The highest BCUT2D eigenvalue weighted by Crippen LogP contribution is 2.19. The van der Waals surface area contributed by atoms with Gasteiger partial charge in [0.15, 0.2) is 0 Å². The first kappa shape index (κ1) is 13.7. The van der Waals surface area contributed by atoms with Gasteiger partial charge in [0.25, 0.3) is 0 Å². The lowest BCUT2D eigenvalue weighted by atomic mass is 10.1. The van der Waals surface area contributed by atoms with Crippen LogP contribution < -0.4 is 5.32 Å². The Kier molecular flexibility index (Phi) is 4.29. The first-order valence-corrected chi connectivity index (χ1v) is 6.31. The van der Waals surface area contributed by atoms with Crippen molar-refractivity contribution >= 4 is 0 Å². The number of nitrogens with zero attached hydrogens (tertiary/aromatic N) is 2. The molecule has 0 bridgehead atoms. The van der Waals surface area contributed by atoms with Gasteiger partial charge in [-0.2, -0.15) is 5.10 Å². The second-order valence-electron chi connectivity index (χ2n) is 5.08. The summed E-state index contributed by atoms with van der Waals surface area (Å²) in [6.45, 7) is 5.63. The first-order chi connectivity index (χ1) is 9.12. The molecule has 19 heavy (non-hydrogen) atoms. The lowest BCUT2D eigenvalue weighted by Crippen LogP contribution is -2.36. The summed E-state index contributed by atoms with van der Waals surface area (Å²) in [5.74, 6) is 0. The van der Waals surface area contributed by atoms with Gasteiger partial charge in [0.2, 0.25) is 0 Å². The minimum Gasteiger partial charge on any atom is -0.377 e. The van der Waals surface area contributed by atoms with Crippen molar-refractivity contribution in [2.75, 3.05) is 13.7 Å². The molecule has 2 aromatic heterocycles. The molecule has 0 amide bonds. The molecule has 0 fully saturated rings. The van der Waals surface area contributed by atoms with E-state index in [1.54, 1.807) is 13.3 Å². The van der Waals surface area contributed by atoms with Crippen molar-refractivity contribution in [3.8, 4) is 11.3 Å². The zero-order chi connectivity index (χ0) is 13.7. The number of methoxy groups -OCH3 is 1. The van der Waals surface area contributed by atoms with Gasteiger partial charge in [-0.05, 0) is 26.0 Å². The molecule has 0 unspecified atom stereocenters. The summed E-state index contributed by atoms with van der Waals surface area (Å²) in [5.41, 5.74) is 3.01. The normalized spacial score (nSPS) is 11.7. The van der Waals surface area contributed by atoms with Gasteiger partial charge in [-0.25, -0.2) is 0 Å². The van der Waals surface area contributed by atoms with Crippen LogP contribution in [0, 0.1) is 0 Å². The van der Waals surface area contributed by atoms with Gasteiger partial charge >= 0.3 is 0 Å². The Morgan fingerprint density at radius 2 is 2.21 bits per heavy atom. The third kappa shape index (κ3) is 3.62. The van der Waals surface area contributed by atoms with Crippen molar-refractivity contribution < 1.29 is 4.74 Å². The molecule has 0 saturated carbocycles. The highest BCUT2D eigenvalue weighted by atomic mass is 16.5. The van der Waals surface area contributed by atoms with Gasteiger partial charge in [-0.3, -0.25) is 10.1 Å². The monoisotopic (exact) mass is 260 g/mol. The Bertz CT molecular complexity index is 507. The van der Waals surface area contributed by atoms with Crippen LogP contribution in [-0.2, 0) is 11.3 Å². The number of hydrogen-bond donors (Lipinski definition) is 2. The molecule has 2 aromatic rings. The lowest BCUT2D eigenvalue weighted by Gasteiger charge is -2.23. The minimum atomic E-state index is -0.168. The van der Waals surface area contributed by atoms with E-state index in [1.165, 1.54) is 0 Å². The molecule has 5 nitrogen and oxygen atoms in total. The van der Waals surface area contributed by atoms with Crippen molar-refractivity contribution in [3.05, 3.63) is 36.3 Å². The van der Waals surface area contributed by atoms with Gasteiger partial charge in [-0.15, -0.1) is 0 Å². The van der Waals surface area contributed by atoms with Gasteiger partial charge in [0.05, 0.1) is 17.5 Å². The predicted octanol–water partition coefficient (Wildman–Crippen LogP) is 1.99. The molecule has 0 aromatic carbocycles. The number of hydrogen-bond acceptors (Lipinski definition) is 4. The van der Waals surface area contributed by atoms with Crippen molar-refractivity contribution in [2.24, 2.45) is 0 Å². The van der Waals surface area contributed by atoms with Crippen molar-refractivity contribution in [3.63, 3.8) is 0 Å². The summed E-state index contributed by atoms with van der Waals surface area (Å²) < 4.78 is 5.38. The minimum absolute atomic E-state index is 0.168. The summed E-state index contributed by atoms with van der Waals surface area (Å²) in [6, 6.07) is 3.94. The average molecular weight is 260 g/mol. The molecular formula is C14H20N4O. The largest absolute Gasteiger partial charge is 0.377 e. The van der Waals surface area contributed by atoms with E-state index in [1.807, 2.05) is 24.5 Å².